The van der Waals surface area contributed by atoms with E-state index in [4.69, 9.17) is 9.47 Å². The summed E-state index contributed by atoms with van der Waals surface area (Å²) in [5.41, 5.74) is 1.81. The maximum atomic E-state index is 12.4. The van der Waals surface area contributed by atoms with Crippen molar-refractivity contribution >= 4 is 5.97 Å². The van der Waals surface area contributed by atoms with Crippen LogP contribution >= 0.6 is 0 Å². The standard InChI is InChI=1S/C30H42O3/c1-4-6-7-8-9-10-11-12-24-32-28-22-18-27(19-23-28)30(31)33-29-20-16-26(17-21-29)15-13-14-25(3)5-2/h4,16-23,25H,1,5-15,24H2,2-3H3/t25-/m0/s1. The molecule has 3 nitrogen and oxygen atoms in total. The normalized spacial score (nSPS) is 11.7. The molecule has 0 aliphatic carbocycles. The molecule has 2 aromatic rings. The largest absolute Gasteiger partial charge is 0.494 e. The van der Waals surface area contributed by atoms with Crippen LogP contribution in [-0.4, -0.2) is 12.6 Å². The van der Waals surface area contributed by atoms with Gasteiger partial charge in [0.2, 0.25) is 0 Å². The molecule has 33 heavy (non-hydrogen) atoms. The molecule has 180 valence electrons. The number of hydrogen-bond acceptors (Lipinski definition) is 3. The van der Waals surface area contributed by atoms with Crippen LogP contribution in [0.3, 0.4) is 0 Å². The molecule has 0 aliphatic rings. The highest BCUT2D eigenvalue weighted by molar-refractivity contribution is 5.91. The van der Waals surface area contributed by atoms with E-state index in [9.17, 15) is 4.79 Å². The molecule has 3 heteroatoms. The molecule has 2 rings (SSSR count). The van der Waals surface area contributed by atoms with Crippen LogP contribution in [0.1, 0.15) is 94.0 Å². The zero-order chi connectivity index (χ0) is 23.7. The third kappa shape index (κ3) is 11.2. The Morgan fingerprint density at radius 2 is 1.52 bits per heavy atom. The maximum Gasteiger partial charge on any atom is 0.343 e. The second kappa shape index (κ2) is 16.1. The highest BCUT2D eigenvalue weighted by atomic mass is 16.5. The van der Waals surface area contributed by atoms with E-state index in [1.54, 1.807) is 12.1 Å². The third-order valence-corrected chi connectivity index (χ3v) is 6.15. The van der Waals surface area contributed by atoms with Crippen molar-refractivity contribution in [2.24, 2.45) is 5.92 Å². The van der Waals surface area contributed by atoms with Gasteiger partial charge in [-0.05, 0) is 80.0 Å². The molecular weight excluding hydrogens is 408 g/mol. The van der Waals surface area contributed by atoms with Crippen LogP contribution < -0.4 is 9.47 Å². The van der Waals surface area contributed by atoms with Crippen LogP contribution in [0.4, 0.5) is 0 Å². The van der Waals surface area contributed by atoms with Gasteiger partial charge in [-0.2, -0.15) is 0 Å². The molecule has 0 N–H and O–H groups in total. The molecule has 0 aliphatic heterocycles. The Kier molecular flexibility index (Phi) is 13.0. The number of carbonyl (C=O) groups is 1. The number of aryl methyl sites for hydroxylation is 1. The van der Waals surface area contributed by atoms with E-state index in [1.807, 2.05) is 30.3 Å². The number of esters is 1. The first-order chi connectivity index (χ1) is 16.1. The van der Waals surface area contributed by atoms with Gasteiger partial charge < -0.3 is 9.47 Å². The molecule has 0 amide bonds. The lowest BCUT2D eigenvalue weighted by Crippen LogP contribution is -2.08. The van der Waals surface area contributed by atoms with Crippen molar-refractivity contribution in [1.29, 1.82) is 0 Å². The van der Waals surface area contributed by atoms with Gasteiger partial charge in [0.1, 0.15) is 11.5 Å². The lowest BCUT2D eigenvalue weighted by atomic mass is 9.99. The van der Waals surface area contributed by atoms with E-state index in [-0.39, 0.29) is 5.97 Å². The quantitative estimate of drug-likeness (QED) is 0.105. The molecule has 0 saturated heterocycles. The number of carbonyl (C=O) groups excluding carboxylic acids is 1. The predicted molar refractivity (Wildman–Crippen MR) is 138 cm³/mol. The molecule has 0 aromatic heterocycles. The van der Waals surface area contributed by atoms with Gasteiger partial charge >= 0.3 is 5.97 Å². The average Bonchev–Trinajstić information content (AvgIpc) is 2.84. The second-order valence-corrected chi connectivity index (χ2v) is 9.01. The first-order valence-electron chi connectivity index (χ1n) is 12.8. The minimum Gasteiger partial charge on any atom is -0.494 e. The zero-order valence-electron chi connectivity index (χ0n) is 20.7. The molecule has 2 aromatic carbocycles. The Morgan fingerprint density at radius 1 is 0.879 bits per heavy atom. The molecule has 1 atom stereocenters. The van der Waals surface area contributed by atoms with E-state index < -0.39 is 0 Å². The number of unbranched alkanes of at least 4 members (excludes halogenated alkanes) is 6. The van der Waals surface area contributed by atoms with Crippen molar-refractivity contribution in [2.75, 3.05) is 6.61 Å². The molecule has 0 saturated carbocycles. The van der Waals surface area contributed by atoms with Gasteiger partial charge in [0.05, 0.1) is 12.2 Å². The zero-order valence-corrected chi connectivity index (χ0v) is 20.7. The van der Waals surface area contributed by atoms with Gasteiger partial charge in [0.15, 0.2) is 0 Å². The van der Waals surface area contributed by atoms with Crippen LogP contribution in [-0.2, 0) is 6.42 Å². The van der Waals surface area contributed by atoms with E-state index in [0.717, 1.165) is 30.9 Å². The topological polar surface area (TPSA) is 35.5 Å². The summed E-state index contributed by atoms with van der Waals surface area (Å²) < 4.78 is 11.3. The highest BCUT2D eigenvalue weighted by Crippen LogP contribution is 2.19. The van der Waals surface area contributed by atoms with E-state index in [2.05, 4.69) is 32.6 Å². The molecule has 0 heterocycles. The van der Waals surface area contributed by atoms with Gasteiger partial charge in [-0.15, -0.1) is 6.58 Å². The number of rotatable bonds is 17. The summed E-state index contributed by atoms with van der Waals surface area (Å²) in [6.07, 6.45) is 15.2. The summed E-state index contributed by atoms with van der Waals surface area (Å²) >= 11 is 0. The Morgan fingerprint density at radius 3 is 2.18 bits per heavy atom. The van der Waals surface area contributed by atoms with E-state index >= 15 is 0 Å². The summed E-state index contributed by atoms with van der Waals surface area (Å²) in [5, 5.41) is 0. The Balaban J connectivity index is 1.66. The van der Waals surface area contributed by atoms with Crippen molar-refractivity contribution in [2.45, 2.75) is 84.5 Å². The lowest BCUT2D eigenvalue weighted by molar-refractivity contribution is 0.0734. The SMILES string of the molecule is C=CCCCCCCCCOc1ccc(C(=O)Oc2ccc(CCC[C@@H](C)CC)cc2)cc1. The minimum atomic E-state index is -0.345. The van der Waals surface area contributed by atoms with Crippen molar-refractivity contribution < 1.29 is 14.3 Å². The van der Waals surface area contributed by atoms with Crippen molar-refractivity contribution in [1.82, 2.24) is 0 Å². The number of hydrogen-bond donors (Lipinski definition) is 0. The fourth-order valence-corrected chi connectivity index (χ4v) is 3.72. The van der Waals surface area contributed by atoms with E-state index in [1.165, 1.54) is 56.9 Å². The summed E-state index contributed by atoms with van der Waals surface area (Å²) in [6, 6.07) is 15.1. The summed E-state index contributed by atoms with van der Waals surface area (Å²) in [4.78, 5) is 12.4. The molecule has 0 spiro atoms. The van der Waals surface area contributed by atoms with Crippen LogP contribution in [0.15, 0.2) is 61.2 Å². The van der Waals surface area contributed by atoms with Crippen molar-refractivity contribution in [3.63, 3.8) is 0 Å². The van der Waals surface area contributed by atoms with Gasteiger partial charge in [-0.1, -0.05) is 70.6 Å². The average molecular weight is 451 g/mol. The number of allylic oxidation sites excluding steroid dienone is 1. The van der Waals surface area contributed by atoms with Crippen molar-refractivity contribution in [3.8, 4) is 11.5 Å². The number of ether oxygens (including phenoxy) is 2. The van der Waals surface area contributed by atoms with Crippen LogP contribution in [0.2, 0.25) is 0 Å². The summed E-state index contributed by atoms with van der Waals surface area (Å²) in [6.45, 7) is 9.01. The molecular formula is C30H42O3. The Labute approximate surface area is 201 Å². The minimum absolute atomic E-state index is 0.345. The number of benzene rings is 2. The van der Waals surface area contributed by atoms with Gasteiger partial charge in [-0.25, -0.2) is 4.79 Å². The Hall–Kier alpha value is -2.55. The van der Waals surface area contributed by atoms with E-state index in [0.29, 0.717) is 17.9 Å². The summed E-state index contributed by atoms with van der Waals surface area (Å²) in [5.74, 6) is 1.81. The lowest BCUT2D eigenvalue weighted by Gasteiger charge is -2.09. The fourth-order valence-electron chi connectivity index (χ4n) is 3.72. The predicted octanol–water partition coefficient (Wildman–Crippen LogP) is 8.57. The Bertz CT molecular complexity index is 792. The molecule has 0 bridgehead atoms. The summed E-state index contributed by atoms with van der Waals surface area (Å²) in [7, 11) is 0. The first kappa shape index (κ1) is 26.7. The smallest absolute Gasteiger partial charge is 0.343 e. The fraction of sp³-hybridized carbons (Fsp3) is 0.500. The van der Waals surface area contributed by atoms with Crippen molar-refractivity contribution in [3.05, 3.63) is 72.3 Å². The maximum absolute atomic E-state index is 12.4. The van der Waals surface area contributed by atoms with Crippen LogP contribution in [0.5, 0.6) is 11.5 Å². The third-order valence-electron chi connectivity index (χ3n) is 6.15. The first-order valence-corrected chi connectivity index (χ1v) is 12.8. The molecule has 0 unspecified atom stereocenters. The van der Waals surface area contributed by atoms with Crippen LogP contribution in [0, 0.1) is 5.92 Å². The van der Waals surface area contributed by atoms with Gasteiger partial charge in [0.25, 0.3) is 0 Å². The second-order valence-electron chi connectivity index (χ2n) is 9.01. The van der Waals surface area contributed by atoms with Crippen LogP contribution in [0.25, 0.3) is 0 Å². The molecule has 0 radical (unpaired) electrons. The molecule has 0 fully saturated rings. The monoisotopic (exact) mass is 450 g/mol. The highest BCUT2D eigenvalue weighted by Gasteiger charge is 2.09. The van der Waals surface area contributed by atoms with Gasteiger partial charge in [0, 0.05) is 0 Å². The van der Waals surface area contributed by atoms with Gasteiger partial charge in [-0.3, -0.25) is 0 Å².